The summed E-state index contributed by atoms with van der Waals surface area (Å²) in [4.78, 5) is 19.1. The average molecular weight is 235 g/mol. The summed E-state index contributed by atoms with van der Waals surface area (Å²) in [6, 6.07) is 3.63. The first-order chi connectivity index (χ1) is 8.08. The molecule has 1 aromatic heterocycles. The first-order valence-electron chi connectivity index (χ1n) is 5.67. The zero-order chi connectivity index (χ0) is 12.4. The van der Waals surface area contributed by atoms with Crippen molar-refractivity contribution in [2.45, 2.75) is 19.0 Å². The highest BCUT2D eigenvalue weighted by atomic mass is 16.4. The van der Waals surface area contributed by atoms with E-state index < -0.39 is 5.97 Å². The molecule has 0 saturated carbocycles. The molecule has 1 fully saturated rings. The Morgan fingerprint density at radius 1 is 1.59 bits per heavy atom. The molecule has 0 aliphatic carbocycles. The van der Waals surface area contributed by atoms with Crippen LogP contribution in [0.4, 0.5) is 5.82 Å². The predicted octanol–water partition coefficient (Wildman–Crippen LogP) is 0.806. The van der Waals surface area contributed by atoms with Gasteiger partial charge in [-0.1, -0.05) is 6.07 Å². The van der Waals surface area contributed by atoms with Crippen LogP contribution in [0.5, 0.6) is 0 Å². The number of hydrogen-bond acceptors (Lipinski definition) is 4. The van der Waals surface area contributed by atoms with Gasteiger partial charge in [-0.15, -0.1) is 0 Å². The van der Waals surface area contributed by atoms with E-state index in [2.05, 4.69) is 4.98 Å². The van der Waals surface area contributed by atoms with Gasteiger partial charge in [-0.3, -0.25) is 9.69 Å². The van der Waals surface area contributed by atoms with Crippen molar-refractivity contribution in [3.63, 3.8) is 0 Å². The highest BCUT2D eigenvalue weighted by molar-refractivity contribution is 5.74. The van der Waals surface area contributed by atoms with Crippen LogP contribution in [0, 0.1) is 0 Å². The summed E-state index contributed by atoms with van der Waals surface area (Å²) in [7, 11) is 3.88. The van der Waals surface area contributed by atoms with E-state index in [0.29, 0.717) is 6.54 Å². The van der Waals surface area contributed by atoms with Gasteiger partial charge in [0.25, 0.3) is 0 Å². The summed E-state index contributed by atoms with van der Waals surface area (Å²) >= 11 is 0. The monoisotopic (exact) mass is 235 g/mol. The van der Waals surface area contributed by atoms with Crippen LogP contribution in [0.1, 0.15) is 12.0 Å². The van der Waals surface area contributed by atoms with Gasteiger partial charge in [0.05, 0.1) is 0 Å². The third-order valence-corrected chi connectivity index (χ3v) is 3.07. The topological polar surface area (TPSA) is 56.7 Å². The lowest BCUT2D eigenvalue weighted by Gasteiger charge is -2.37. The molecule has 1 aliphatic heterocycles. The van der Waals surface area contributed by atoms with E-state index in [1.807, 2.05) is 42.2 Å². The number of nitrogens with zero attached hydrogens (tertiary/aromatic N) is 3. The van der Waals surface area contributed by atoms with Gasteiger partial charge in [0.1, 0.15) is 11.9 Å². The van der Waals surface area contributed by atoms with E-state index in [1.165, 1.54) is 0 Å². The van der Waals surface area contributed by atoms with E-state index in [0.717, 1.165) is 24.3 Å². The van der Waals surface area contributed by atoms with Gasteiger partial charge in [-0.05, 0) is 18.1 Å². The maximum Gasteiger partial charge on any atom is 0.320 e. The first-order valence-corrected chi connectivity index (χ1v) is 5.67. The van der Waals surface area contributed by atoms with Crippen molar-refractivity contribution in [2.75, 3.05) is 25.5 Å². The molecule has 5 heteroatoms. The minimum absolute atomic E-state index is 0.316. The maximum absolute atomic E-state index is 10.9. The Morgan fingerprint density at radius 3 is 2.76 bits per heavy atom. The second kappa shape index (κ2) is 4.71. The van der Waals surface area contributed by atoms with Crippen molar-refractivity contribution in [1.82, 2.24) is 9.88 Å². The summed E-state index contributed by atoms with van der Waals surface area (Å²) < 4.78 is 0. The van der Waals surface area contributed by atoms with Crippen molar-refractivity contribution >= 4 is 11.8 Å². The standard InChI is InChI=1S/C12H17N3O2/c1-14(2)11-4-3-9(7-13-11)8-15-6-5-10(15)12(16)17/h3-4,7,10H,5-6,8H2,1-2H3,(H,16,17)/t10-/m0/s1. The van der Waals surface area contributed by atoms with Gasteiger partial charge in [0, 0.05) is 33.4 Å². The molecule has 0 bridgehead atoms. The van der Waals surface area contributed by atoms with Crippen molar-refractivity contribution in [2.24, 2.45) is 0 Å². The maximum atomic E-state index is 10.9. The van der Waals surface area contributed by atoms with Crippen LogP contribution in [0.3, 0.4) is 0 Å². The molecule has 1 saturated heterocycles. The van der Waals surface area contributed by atoms with Gasteiger partial charge in [-0.2, -0.15) is 0 Å². The number of anilines is 1. The molecule has 2 heterocycles. The number of aromatic nitrogens is 1. The van der Waals surface area contributed by atoms with Crippen molar-refractivity contribution in [3.05, 3.63) is 23.9 Å². The number of carboxylic acid groups (broad SMARTS) is 1. The van der Waals surface area contributed by atoms with E-state index in [9.17, 15) is 4.79 Å². The molecule has 2 rings (SSSR count). The summed E-state index contributed by atoms with van der Waals surface area (Å²) in [6.07, 6.45) is 2.56. The van der Waals surface area contributed by atoms with Gasteiger partial charge in [-0.25, -0.2) is 4.98 Å². The number of rotatable bonds is 4. The Hall–Kier alpha value is -1.62. The van der Waals surface area contributed by atoms with Gasteiger partial charge in [0.15, 0.2) is 0 Å². The Balaban J connectivity index is 1.97. The van der Waals surface area contributed by atoms with Crippen LogP contribution in [0.2, 0.25) is 0 Å². The molecular formula is C12H17N3O2. The third-order valence-electron chi connectivity index (χ3n) is 3.07. The van der Waals surface area contributed by atoms with E-state index in [-0.39, 0.29) is 6.04 Å². The molecule has 1 aromatic rings. The minimum Gasteiger partial charge on any atom is -0.480 e. The molecule has 17 heavy (non-hydrogen) atoms. The molecule has 5 nitrogen and oxygen atoms in total. The van der Waals surface area contributed by atoms with Crippen molar-refractivity contribution in [3.8, 4) is 0 Å². The van der Waals surface area contributed by atoms with E-state index >= 15 is 0 Å². The molecule has 1 aliphatic rings. The first kappa shape index (κ1) is 11.9. The second-order valence-corrected chi connectivity index (χ2v) is 4.53. The average Bonchev–Trinajstić information content (AvgIpc) is 2.24. The quantitative estimate of drug-likeness (QED) is 0.836. The lowest BCUT2D eigenvalue weighted by atomic mass is 10.0. The molecular weight excluding hydrogens is 218 g/mol. The van der Waals surface area contributed by atoms with Crippen molar-refractivity contribution < 1.29 is 9.90 Å². The van der Waals surface area contributed by atoms with Crippen LogP contribution in [-0.4, -0.2) is 47.6 Å². The number of pyridine rings is 1. The number of carboxylic acids is 1. The minimum atomic E-state index is -0.728. The largest absolute Gasteiger partial charge is 0.480 e. The fraction of sp³-hybridized carbons (Fsp3) is 0.500. The molecule has 0 unspecified atom stereocenters. The van der Waals surface area contributed by atoms with Crippen molar-refractivity contribution in [1.29, 1.82) is 0 Å². The summed E-state index contributed by atoms with van der Waals surface area (Å²) in [5, 5.41) is 8.93. The molecule has 0 radical (unpaired) electrons. The predicted molar refractivity (Wildman–Crippen MR) is 65.0 cm³/mol. The zero-order valence-electron chi connectivity index (χ0n) is 10.1. The highest BCUT2D eigenvalue weighted by Crippen LogP contribution is 2.20. The number of carbonyl (C=O) groups is 1. The number of likely N-dealkylation sites (tertiary alicyclic amines) is 1. The SMILES string of the molecule is CN(C)c1ccc(CN2CC[C@H]2C(=O)O)cn1. The lowest BCUT2D eigenvalue weighted by Crippen LogP contribution is -2.51. The van der Waals surface area contributed by atoms with Gasteiger partial charge >= 0.3 is 5.97 Å². The molecule has 0 aromatic carbocycles. The molecule has 0 spiro atoms. The Bertz CT molecular complexity index is 403. The Kier molecular flexibility index (Phi) is 3.28. The molecule has 92 valence electrons. The summed E-state index contributed by atoms with van der Waals surface area (Å²) in [5.74, 6) is 0.182. The molecule has 1 atom stereocenters. The fourth-order valence-corrected chi connectivity index (χ4v) is 1.92. The summed E-state index contributed by atoms with van der Waals surface area (Å²) in [6.45, 7) is 1.52. The van der Waals surface area contributed by atoms with Crippen LogP contribution < -0.4 is 4.90 Å². The third kappa shape index (κ3) is 2.55. The van der Waals surface area contributed by atoms with E-state index in [4.69, 9.17) is 5.11 Å². The number of hydrogen-bond donors (Lipinski definition) is 1. The van der Waals surface area contributed by atoms with Crippen LogP contribution in [-0.2, 0) is 11.3 Å². The lowest BCUT2D eigenvalue weighted by molar-refractivity contribution is -0.148. The molecule has 1 N–H and O–H groups in total. The van der Waals surface area contributed by atoms with Crippen LogP contribution >= 0.6 is 0 Å². The van der Waals surface area contributed by atoms with E-state index in [1.54, 1.807) is 0 Å². The second-order valence-electron chi connectivity index (χ2n) is 4.53. The highest BCUT2D eigenvalue weighted by Gasteiger charge is 2.33. The fourth-order valence-electron chi connectivity index (χ4n) is 1.92. The summed E-state index contributed by atoms with van der Waals surface area (Å²) in [5.41, 5.74) is 1.06. The van der Waals surface area contributed by atoms with Gasteiger partial charge in [0.2, 0.25) is 0 Å². The van der Waals surface area contributed by atoms with Crippen LogP contribution in [0.15, 0.2) is 18.3 Å². The number of aliphatic carboxylic acids is 1. The van der Waals surface area contributed by atoms with Crippen LogP contribution in [0.25, 0.3) is 0 Å². The Morgan fingerprint density at radius 2 is 2.35 bits per heavy atom. The smallest absolute Gasteiger partial charge is 0.320 e. The zero-order valence-corrected chi connectivity index (χ0v) is 10.1. The van der Waals surface area contributed by atoms with Gasteiger partial charge < -0.3 is 10.0 Å². The Labute approximate surface area is 101 Å². The normalized spacial score (nSPS) is 19.8. The molecule has 0 amide bonds.